The number of likely N-dealkylation sites (tertiary alicyclic amines) is 1. The number of hydrogen-bond donors (Lipinski definition) is 1. The Morgan fingerprint density at radius 2 is 1.86 bits per heavy atom. The van der Waals surface area contributed by atoms with Gasteiger partial charge in [-0.25, -0.2) is 4.79 Å². The first kappa shape index (κ1) is 15.0. The molecular formula is C15H18N2O4. The number of carbonyl (C=O) groups excluding carboxylic acids is 3. The van der Waals surface area contributed by atoms with Crippen LogP contribution < -0.4 is 5.73 Å². The van der Waals surface area contributed by atoms with Gasteiger partial charge in [0.05, 0.1) is 19.2 Å². The normalized spacial score (nSPS) is 15.8. The van der Waals surface area contributed by atoms with Crippen molar-refractivity contribution in [3.8, 4) is 0 Å². The summed E-state index contributed by atoms with van der Waals surface area (Å²) in [6.45, 7) is 0.0487. The SMILES string of the molecule is COC(=O)c1c(N)cccc1CN1C(=O)CCCCC1=O. The van der Waals surface area contributed by atoms with Crippen LogP contribution in [0.5, 0.6) is 0 Å². The maximum Gasteiger partial charge on any atom is 0.340 e. The van der Waals surface area contributed by atoms with E-state index in [0.29, 0.717) is 31.2 Å². The van der Waals surface area contributed by atoms with Crippen molar-refractivity contribution in [2.45, 2.75) is 32.2 Å². The van der Waals surface area contributed by atoms with Crippen molar-refractivity contribution in [1.29, 1.82) is 0 Å². The lowest BCUT2D eigenvalue weighted by Crippen LogP contribution is -2.35. The van der Waals surface area contributed by atoms with Gasteiger partial charge in [0.15, 0.2) is 0 Å². The van der Waals surface area contributed by atoms with Crippen molar-refractivity contribution in [2.24, 2.45) is 0 Å². The summed E-state index contributed by atoms with van der Waals surface area (Å²) in [5.41, 5.74) is 6.82. The highest BCUT2D eigenvalue weighted by Crippen LogP contribution is 2.22. The number of rotatable bonds is 3. The predicted octanol–water partition coefficient (Wildman–Crippen LogP) is 1.48. The molecule has 2 N–H and O–H groups in total. The number of esters is 1. The Balaban J connectivity index is 2.34. The minimum Gasteiger partial charge on any atom is -0.465 e. The molecule has 6 nitrogen and oxygen atoms in total. The molecule has 2 rings (SSSR count). The van der Waals surface area contributed by atoms with Crippen LogP contribution in [0.2, 0.25) is 0 Å². The van der Waals surface area contributed by atoms with Gasteiger partial charge in [-0.3, -0.25) is 14.5 Å². The lowest BCUT2D eigenvalue weighted by atomic mass is 10.0. The Morgan fingerprint density at radius 1 is 1.24 bits per heavy atom. The van der Waals surface area contributed by atoms with Gasteiger partial charge in [0, 0.05) is 18.5 Å². The van der Waals surface area contributed by atoms with Crippen LogP contribution in [0.3, 0.4) is 0 Å². The molecule has 6 heteroatoms. The highest BCUT2D eigenvalue weighted by atomic mass is 16.5. The molecular weight excluding hydrogens is 272 g/mol. The summed E-state index contributed by atoms with van der Waals surface area (Å²) < 4.78 is 4.72. The standard InChI is InChI=1S/C15H18N2O4/c1-21-15(20)14-10(5-4-6-11(14)16)9-17-12(18)7-2-3-8-13(17)19/h4-6H,2-3,7-9,16H2,1H3. The second-order valence-electron chi connectivity index (χ2n) is 4.95. The minimum absolute atomic E-state index is 0.0487. The molecule has 0 bridgehead atoms. The molecule has 0 spiro atoms. The van der Waals surface area contributed by atoms with E-state index >= 15 is 0 Å². The Labute approximate surface area is 122 Å². The number of benzene rings is 1. The Bertz CT molecular complexity index is 565. The van der Waals surface area contributed by atoms with Gasteiger partial charge in [-0.05, 0) is 24.5 Å². The topological polar surface area (TPSA) is 89.7 Å². The number of nitrogen functional groups attached to an aromatic ring is 1. The molecule has 1 aromatic rings. The molecule has 1 aliphatic rings. The molecule has 1 fully saturated rings. The quantitative estimate of drug-likeness (QED) is 0.517. The van der Waals surface area contributed by atoms with Crippen molar-refractivity contribution in [3.63, 3.8) is 0 Å². The number of carbonyl (C=O) groups is 3. The molecule has 1 aliphatic heterocycles. The average molecular weight is 290 g/mol. The van der Waals surface area contributed by atoms with Gasteiger partial charge >= 0.3 is 5.97 Å². The van der Waals surface area contributed by atoms with Gasteiger partial charge in [0.25, 0.3) is 0 Å². The lowest BCUT2D eigenvalue weighted by molar-refractivity contribution is -0.144. The minimum atomic E-state index is -0.571. The maximum absolute atomic E-state index is 12.0. The second kappa shape index (κ2) is 6.39. The molecule has 1 saturated heterocycles. The summed E-state index contributed by atoms with van der Waals surface area (Å²) in [7, 11) is 1.26. The van der Waals surface area contributed by atoms with Gasteiger partial charge in [-0.1, -0.05) is 12.1 Å². The third kappa shape index (κ3) is 3.21. The highest BCUT2D eigenvalue weighted by molar-refractivity contribution is 5.98. The summed E-state index contributed by atoms with van der Waals surface area (Å²) in [6.07, 6.45) is 2.12. The number of nitrogens with zero attached hydrogens (tertiary/aromatic N) is 1. The van der Waals surface area contributed by atoms with Crippen LogP contribution in [0.25, 0.3) is 0 Å². The summed E-state index contributed by atoms with van der Waals surface area (Å²) in [6, 6.07) is 4.94. The molecule has 112 valence electrons. The summed E-state index contributed by atoms with van der Waals surface area (Å²) in [5.74, 6) is -0.996. The highest BCUT2D eigenvalue weighted by Gasteiger charge is 2.26. The monoisotopic (exact) mass is 290 g/mol. The zero-order valence-corrected chi connectivity index (χ0v) is 11.9. The Morgan fingerprint density at radius 3 is 2.43 bits per heavy atom. The first-order chi connectivity index (χ1) is 10.0. The van der Waals surface area contributed by atoms with Gasteiger partial charge < -0.3 is 10.5 Å². The van der Waals surface area contributed by atoms with E-state index in [4.69, 9.17) is 10.5 Å². The van der Waals surface area contributed by atoms with Crippen LogP contribution in [0, 0.1) is 0 Å². The van der Waals surface area contributed by atoms with Crippen LogP contribution in [0.4, 0.5) is 5.69 Å². The first-order valence-electron chi connectivity index (χ1n) is 6.83. The van der Waals surface area contributed by atoms with Gasteiger partial charge in [-0.2, -0.15) is 0 Å². The largest absolute Gasteiger partial charge is 0.465 e. The lowest BCUT2D eigenvalue weighted by Gasteiger charge is -2.20. The number of ether oxygens (including phenoxy) is 1. The molecule has 1 heterocycles. The molecule has 0 radical (unpaired) electrons. The molecule has 2 amide bonds. The summed E-state index contributed by atoms with van der Waals surface area (Å²) in [4.78, 5) is 37.1. The van der Waals surface area contributed by atoms with E-state index in [2.05, 4.69) is 0 Å². The molecule has 0 aromatic heterocycles. The molecule has 1 aromatic carbocycles. The second-order valence-corrected chi connectivity index (χ2v) is 4.95. The Kier molecular flexibility index (Phi) is 4.57. The fourth-order valence-corrected chi connectivity index (χ4v) is 2.41. The van der Waals surface area contributed by atoms with Crippen LogP contribution >= 0.6 is 0 Å². The van der Waals surface area contributed by atoms with E-state index < -0.39 is 5.97 Å². The Hall–Kier alpha value is -2.37. The van der Waals surface area contributed by atoms with Crippen molar-refractivity contribution in [1.82, 2.24) is 4.90 Å². The van der Waals surface area contributed by atoms with E-state index in [9.17, 15) is 14.4 Å². The molecule has 0 saturated carbocycles. The van der Waals surface area contributed by atoms with Crippen molar-refractivity contribution in [2.75, 3.05) is 12.8 Å². The van der Waals surface area contributed by atoms with E-state index in [0.717, 1.165) is 0 Å². The van der Waals surface area contributed by atoms with E-state index in [-0.39, 0.29) is 29.6 Å². The van der Waals surface area contributed by atoms with Crippen molar-refractivity contribution in [3.05, 3.63) is 29.3 Å². The molecule has 0 aliphatic carbocycles. The third-order valence-electron chi connectivity index (χ3n) is 3.53. The van der Waals surface area contributed by atoms with Crippen LogP contribution in [-0.4, -0.2) is 29.8 Å². The zero-order valence-electron chi connectivity index (χ0n) is 11.9. The van der Waals surface area contributed by atoms with E-state index in [1.807, 2.05) is 0 Å². The number of amides is 2. The predicted molar refractivity (Wildman–Crippen MR) is 76.2 cm³/mol. The number of anilines is 1. The zero-order chi connectivity index (χ0) is 15.4. The van der Waals surface area contributed by atoms with E-state index in [1.165, 1.54) is 12.0 Å². The number of nitrogens with two attached hydrogens (primary N) is 1. The smallest absolute Gasteiger partial charge is 0.340 e. The van der Waals surface area contributed by atoms with Crippen LogP contribution in [0.15, 0.2) is 18.2 Å². The molecule has 21 heavy (non-hydrogen) atoms. The van der Waals surface area contributed by atoms with Gasteiger partial charge in [0.1, 0.15) is 0 Å². The average Bonchev–Trinajstić information content (AvgIpc) is 2.62. The third-order valence-corrected chi connectivity index (χ3v) is 3.53. The summed E-state index contributed by atoms with van der Waals surface area (Å²) >= 11 is 0. The molecule has 0 atom stereocenters. The van der Waals surface area contributed by atoms with Crippen molar-refractivity contribution < 1.29 is 19.1 Å². The number of hydrogen-bond acceptors (Lipinski definition) is 5. The number of methoxy groups -OCH3 is 1. The van der Waals surface area contributed by atoms with Crippen LogP contribution in [-0.2, 0) is 20.9 Å². The first-order valence-corrected chi connectivity index (χ1v) is 6.83. The fraction of sp³-hybridized carbons (Fsp3) is 0.400. The fourth-order valence-electron chi connectivity index (χ4n) is 2.41. The van der Waals surface area contributed by atoms with E-state index in [1.54, 1.807) is 18.2 Å². The number of imide groups is 1. The van der Waals surface area contributed by atoms with Gasteiger partial charge in [0.2, 0.25) is 11.8 Å². The van der Waals surface area contributed by atoms with Gasteiger partial charge in [-0.15, -0.1) is 0 Å². The van der Waals surface area contributed by atoms with Crippen LogP contribution in [0.1, 0.15) is 41.6 Å². The summed E-state index contributed by atoms with van der Waals surface area (Å²) in [5, 5.41) is 0. The maximum atomic E-state index is 12.0. The van der Waals surface area contributed by atoms with Crippen molar-refractivity contribution >= 4 is 23.5 Å². The molecule has 0 unspecified atom stereocenters.